The molecule has 152 valence electrons. The molecular weight excluding hydrogens is 386 g/mol. The van der Waals surface area contributed by atoms with Gasteiger partial charge in [-0.15, -0.1) is 10.2 Å². The molecule has 0 bridgehead atoms. The van der Waals surface area contributed by atoms with Gasteiger partial charge in [-0.1, -0.05) is 59.3 Å². The lowest BCUT2D eigenvalue weighted by Crippen LogP contribution is -2.34. The zero-order valence-electron chi connectivity index (χ0n) is 16.9. The van der Waals surface area contributed by atoms with Crippen LogP contribution in [0.25, 0.3) is 11.5 Å². The highest BCUT2D eigenvalue weighted by molar-refractivity contribution is 7.99. The second-order valence-electron chi connectivity index (χ2n) is 6.83. The van der Waals surface area contributed by atoms with Gasteiger partial charge in [0.05, 0.1) is 12.4 Å². The summed E-state index contributed by atoms with van der Waals surface area (Å²) in [7, 11) is 1.63. The number of nitrogens with zero attached hydrogens (tertiary/aromatic N) is 3. The number of hydrogen-bond donors (Lipinski definition) is 0. The minimum atomic E-state index is 0.00190. The highest BCUT2D eigenvalue weighted by Gasteiger charge is 2.17. The number of ether oxygens (including phenoxy) is 1. The van der Waals surface area contributed by atoms with Gasteiger partial charge in [0.1, 0.15) is 0 Å². The molecule has 3 aromatic rings. The average molecular weight is 412 g/mol. The van der Waals surface area contributed by atoms with E-state index in [0.29, 0.717) is 30.8 Å². The zero-order chi connectivity index (χ0) is 20.6. The second-order valence-corrected chi connectivity index (χ2v) is 7.76. The first kappa shape index (κ1) is 21.1. The van der Waals surface area contributed by atoms with Crippen LogP contribution in [0.2, 0.25) is 0 Å². The zero-order valence-corrected chi connectivity index (χ0v) is 17.7. The van der Waals surface area contributed by atoms with Gasteiger partial charge in [-0.25, -0.2) is 0 Å². The van der Waals surface area contributed by atoms with Gasteiger partial charge in [0.25, 0.3) is 5.22 Å². The molecule has 2 aromatic carbocycles. The van der Waals surface area contributed by atoms with Crippen molar-refractivity contribution < 1.29 is 13.9 Å². The van der Waals surface area contributed by atoms with Crippen molar-refractivity contribution in [2.24, 2.45) is 0 Å². The third-order valence-electron chi connectivity index (χ3n) is 4.33. The molecule has 0 aliphatic heterocycles. The van der Waals surface area contributed by atoms with Gasteiger partial charge in [-0.05, 0) is 31.5 Å². The van der Waals surface area contributed by atoms with E-state index in [1.165, 1.54) is 11.8 Å². The third-order valence-corrected chi connectivity index (χ3v) is 5.13. The molecule has 0 atom stereocenters. The quantitative estimate of drug-likeness (QED) is 0.494. The van der Waals surface area contributed by atoms with E-state index in [9.17, 15) is 4.79 Å². The summed E-state index contributed by atoms with van der Waals surface area (Å²) in [6, 6.07) is 16.0. The smallest absolute Gasteiger partial charge is 0.277 e. The Bertz CT molecular complexity index is 923. The lowest BCUT2D eigenvalue weighted by atomic mass is 10.1. The van der Waals surface area contributed by atoms with E-state index in [1.807, 2.05) is 56.3 Å². The summed E-state index contributed by atoms with van der Waals surface area (Å²) in [6.07, 6.45) is 0. The fourth-order valence-electron chi connectivity index (χ4n) is 2.99. The van der Waals surface area contributed by atoms with Crippen molar-refractivity contribution >= 4 is 17.7 Å². The number of amides is 1. The molecule has 0 aliphatic rings. The maximum absolute atomic E-state index is 12.8. The fraction of sp³-hybridized carbons (Fsp3) is 0.318. The number of methoxy groups -OCH3 is 1. The van der Waals surface area contributed by atoms with Crippen molar-refractivity contribution in [1.82, 2.24) is 15.1 Å². The number of carbonyl (C=O) groups is 1. The first-order valence-electron chi connectivity index (χ1n) is 9.41. The summed E-state index contributed by atoms with van der Waals surface area (Å²) in [5, 5.41) is 8.59. The molecule has 6 nitrogen and oxygen atoms in total. The van der Waals surface area contributed by atoms with Gasteiger partial charge >= 0.3 is 0 Å². The SMILES string of the molecule is COCCN(Cc1ccccc1)C(=O)CSc1nnc(-c2cc(C)cc(C)c2)o1. The largest absolute Gasteiger partial charge is 0.411 e. The van der Waals surface area contributed by atoms with Gasteiger partial charge in [-0.3, -0.25) is 4.79 Å². The van der Waals surface area contributed by atoms with E-state index in [2.05, 4.69) is 16.3 Å². The molecule has 29 heavy (non-hydrogen) atoms. The normalized spacial score (nSPS) is 10.9. The number of aromatic nitrogens is 2. The molecule has 3 rings (SSSR count). The van der Waals surface area contributed by atoms with Crippen molar-refractivity contribution in [2.45, 2.75) is 25.6 Å². The third kappa shape index (κ3) is 6.17. The van der Waals surface area contributed by atoms with Crippen LogP contribution in [0.15, 0.2) is 58.2 Å². The number of aryl methyl sites for hydroxylation is 2. The Kier molecular flexibility index (Phi) is 7.43. The average Bonchev–Trinajstić information content (AvgIpc) is 3.18. The Hall–Kier alpha value is -2.64. The maximum Gasteiger partial charge on any atom is 0.277 e. The number of carbonyl (C=O) groups excluding carboxylic acids is 1. The molecule has 0 spiro atoms. The van der Waals surface area contributed by atoms with Crippen LogP contribution in [0.5, 0.6) is 0 Å². The number of thioether (sulfide) groups is 1. The fourth-order valence-corrected chi connectivity index (χ4v) is 3.66. The van der Waals surface area contributed by atoms with Crippen molar-refractivity contribution in [1.29, 1.82) is 0 Å². The first-order valence-corrected chi connectivity index (χ1v) is 10.4. The maximum atomic E-state index is 12.8. The molecule has 0 saturated carbocycles. The van der Waals surface area contributed by atoms with Gasteiger partial charge in [-0.2, -0.15) is 0 Å². The molecule has 0 aliphatic carbocycles. The van der Waals surface area contributed by atoms with E-state index < -0.39 is 0 Å². The molecule has 0 saturated heterocycles. The van der Waals surface area contributed by atoms with E-state index in [0.717, 1.165) is 22.3 Å². The Morgan fingerprint density at radius 3 is 2.52 bits per heavy atom. The minimum Gasteiger partial charge on any atom is -0.411 e. The molecule has 7 heteroatoms. The van der Waals surface area contributed by atoms with Crippen molar-refractivity contribution in [3.8, 4) is 11.5 Å². The monoisotopic (exact) mass is 411 g/mol. The van der Waals surface area contributed by atoms with Gasteiger partial charge in [0.15, 0.2) is 0 Å². The summed E-state index contributed by atoms with van der Waals surface area (Å²) >= 11 is 1.25. The lowest BCUT2D eigenvalue weighted by molar-refractivity contribution is -0.129. The number of hydrogen-bond acceptors (Lipinski definition) is 6. The molecule has 0 N–H and O–H groups in total. The van der Waals surface area contributed by atoms with Crippen LogP contribution in [-0.4, -0.2) is 47.0 Å². The molecular formula is C22H25N3O3S. The Balaban J connectivity index is 1.62. The van der Waals surface area contributed by atoms with Crippen LogP contribution < -0.4 is 0 Å². The summed E-state index contributed by atoms with van der Waals surface area (Å²) in [4.78, 5) is 14.5. The van der Waals surface area contributed by atoms with Crippen molar-refractivity contribution in [3.63, 3.8) is 0 Å². The Labute approximate surface area is 175 Å². The number of benzene rings is 2. The molecule has 0 fully saturated rings. The van der Waals surface area contributed by atoms with E-state index in [-0.39, 0.29) is 11.7 Å². The predicted molar refractivity (Wildman–Crippen MR) is 114 cm³/mol. The summed E-state index contributed by atoms with van der Waals surface area (Å²) in [5.41, 5.74) is 4.24. The van der Waals surface area contributed by atoms with Gasteiger partial charge < -0.3 is 14.1 Å². The first-order chi connectivity index (χ1) is 14.0. The van der Waals surface area contributed by atoms with Crippen LogP contribution in [0.3, 0.4) is 0 Å². The van der Waals surface area contributed by atoms with Crippen LogP contribution in [0, 0.1) is 13.8 Å². The standard InChI is InChI=1S/C22H25N3O3S/c1-16-11-17(2)13-19(12-16)21-23-24-22(28-21)29-15-20(26)25(9-10-27-3)14-18-7-5-4-6-8-18/h4-8,11-13H,9-10,14-15H2,1-3H3. The van der Waals surface area contributed by atoms with Crippen LogP contribution in [-0.2, 0) is 16.1 Å². The Morgan fingerprint density at radius 2 is 1.83 bits per heavy atom. The van der Waals surface area contributed by atoms with Crippen molar-refractivity contribution in [3.05, 3.63) is 65.2 Å². The van der Waals surface area contributed by atoms with E-state index in [4.69, 9.17) is 9.15 Å². The van der Waals surface area contributed by atoms with Crippen LogP contribution >= 0.6 is 11.8 Å². The minimum absolute atomic E-state index is 0.00190. The molecule has 1 amide bonds. The highest BCUT2D eigenvalue weighted by atomic mass is 32.2. The molecule has 1 aromatic heterocycles. The van der Waals surface area contributed by atoms with E-state index >= 15 is 0 Å². The molecule has 1 heterocycles. The van der Waals surface area contributed by atoms with Crippen LogP contribution in [0.1, 0.15) is 16.7 Å². The van der Waals surface area contributed by atoms with Gasteiger partial charge in [0, 0.05) is 25.8 Å². The molecule has 0 radical (unpaired) electrons. The molecule has 0 unspecified atom stereocenters. The highest BCUT2D eigenvalue weighted by Crippen LogP contribution is 2.25. The summed E-state index contributed by atoms with van der Waals surface area (Å²) in [6.45, 7) is 5.62. The van der Waals surface area contributed by atoms with Crippen molar-refractivity contribution in [2.75, 3.05) is 26.0 Å². The second kappa shape index (κ2) is 10.2. The van der Waals surface area contributed by atoms with Crippen LogP contribution in [0.4, 0.5) is 0 Å². The summed E-state index contributed by atoms with van der Waals surface area (Å²) in [5.74, 6) is 0.694. The van der Waals surface area contributed by atoms with E-state index in [1.54, 1.807) is 12.0 Å². The Morgan fingerprint density at radius 1 is 1.10 bits per heavy atom. The topological polar surface area (TPSA) is 68.5 Å². The predicted octanol–water partition coefficient (Wildman–Crippen LogP) is 4.12. The summed E-state index contributed by atoms with van der Waals surface area (Å²) < 4.78 is 10.9. The number of rotatable bonds is 9. The van der Waals surface area contributed by atoms with Gasteiger partial charge in [0.2, 0.25) is 11.8 Å². The lowest BCUT2D eigenvalue weighted by Gasteiger charge is -2.22.